The van der Waals surface area contributed by atoms with Gasteiger partial charge in [-0.15, -0.1) is 0 Å². The molecule has 3 N–H and O–H groups in total. The van der Waals surface area contributed by atoms with E-state index in [1.54, 1.807) is 0 Å². The van der Waals surface area contributed by atoms with Gasteiger partial charge in [-0.3, -0.25) is 0 Å². The highest BCUT2D eigenvalue weighted by Crippen LogP contribution is 2.24. The lowest BCUT2D eigenvalue weighted by Gasteiger charge is -2.22. The fourth-order valence-corrected chi connectivity index (χ4v) is 1.95. The first kappa shape index (κ1) is 9.96. The molecule has 0 aromatic carbocycles. The lowest BCUT2D eigenvalue weighted by Crippen LogP contribution is -2.35. The van der Waals surface area contributed by atoms with Crippen LogP contribution >= 0.6 is 0 Å². The fourth-order valence-electron chi connectivity index (χ4n) is 1.95. The lowest BCUT2D eigenvalue weighted by molar-refractivity contribution is 0.198. The molecule has 0 radical (unpaired) electrons. The summed E-state index contributed by atoms with van der Waals surface area (Å²) in [5, 5.41) is 8.70. The zero-order valence-corrected chi connectivity index (χ0v) is 7.87. The number of nitrogens with two attached hydrogens (primary N) is 1. The Kier molecular flexibility index (Phi) is 3.98. The molecule has 0 saturated heterocycles. The van der Waals surface area contributed by atoms with Crippen LogP contribution in [0.25, 0.3) is 0 Å². The summed E-state index contributed by atoms with van der Waals surface area (Å²) in [6, 6.07) is 0.395. The second kappa shape index (κ2) is 4.80. The van der Waals surface area contributed by atoms with Crippen LogP contribution in [0.5, 0.6) is 0 Å². The summed E-state index contributed by atoms with van der Waals surface area (Å²) in [6.07, 6.45) is 3.72. The number of hydrogen-bond acceptors (Lipinski definition) is 3. The van der Waals surface area contributed by atoms with Gasteiger partial charge in [-0.2, -0.15) is 0 Å². The quantitative estimate of drug-likeness (QED) is 0.629. The summed E-state index contributed by atoms with van der Waals surface area (Å²) < 4.78 is 0. The van der Waals surface area contributed by atoms with Crippen LogP contribution in [0.1, 0.15) is 19.3 Å². The van der Waals surface area contributed by atoms with Crippen molar-refractivity contribution in [1.29, 1.82) is 0 Å². The number of likely N-dealkylation sites (N-methyl/N-ethyl adjacent to an activating group) is 1. The lowest BCUT2D eigenvalue weighted by atomic mass is 10.0. The molecule has 0 aromatic heterocycles. The van der Waals surface area contributed by atoms with Gasteiger partial charge in [0, 0.05) is 19.1 Å². The Hall–Kier alpha value is -0.120. The Labute approximate surface area is 74.5 Å². The predicted molar refractivity (Wildman–Crippen MR) is 49.9 cm³/mol. The monoisotopic (exact) mass is 172 g/mol. The Morgan fingerprint density at radius 2 is 2.25 bits per heavy atom. The van der Waals surface area contributed by atoms with Gasteiger partial charge in [-0.05, 0) is 25.8 Å². The summed E-state index contributed by atoms with van der Waals surface area (Å²) in [4.78, 5) is 2.16. The zero-order chi connectivity index (χ0) is 8.97. The third-order valence-corrected chi connectivity index (χ3v) is 2.75. The molecular formula is C9H20N2O. The Balaban J connectivity index is 2.20. The van der Waals surface area contributed by atoms with Crippen molar-refractivity contribution in [2.45, 2.75) is 25.3 Å². The van der Waals surface area contributed by atoms with Gasteiger partial charge in [0.05, 0.1) is 6.61 Å². The predicted octanol–water partition coefficient (Wildman–Crippen LogP) is 0.0379. The van der Waals surface area contributed by atoms with Crippen molar-refractivity contribution in [2.24, 2.45) is 11.7 Å². The Bertz CT molecular complexity index is 130. The molecule has 3 heteroatoms. The van der Waals surface area contributed by atoms with Crippen LogP contribution in [0.15, 0.2) is 0 Å². The SMILES string of the molecule is CN(CCO)CC1CCCC1N. The first-order valence-corrected chi connectivity index (χ1v) is 4.79. The zero-order valence-electron chi connectivity index (χ0n) is 7.87. The second-order valence-electron chi connectivity index (χ2n) is 3.84. The molecule has 1 aliphatic carbocycles. The van der Waals surface area contributed by atoms with Crippen LogP contribution in [0.3, 0.4) is 0 Å². The summed E-state index contributed by atoms with van der Waals surface area (Å²) in [6.45, 7) is 2.06. The first-order valence-electron chi connectivity index (χ1n) is 4.79. The highest BCUT2D eigenvalue weighted by molar-refractivity contribution is 4.81. The molecule has 2 atom stereocenters. The van der Waals surface area contributed by atoms with Crippen LogP contribution in [0.2, 0.25) is 0 Å². The molecule has 12 heavy (non-hydrogen) atoms. The van der Waals surface area contributed by atoms with Gasteiger partial charge in [0.2, 0.25) is 0 Å². The van der Waals surface area contributed by atoms with Gasteiger partial charge < -0.3 is 15.7 Å². The van der Waals surface area contributed by atoms with Gasteiger partial charge in [0.15, 0.2) is 0 Å². The van der Waals surface area contributed by atoms with Gasteiger partial charge in [-0.25, -0.2) is 0 Å². The van der Waals surface area contributed by atoms with Gasteiger partial charge >= 0.3 is 0 Å². The minimum absolute atomic E-state index is 0.248. The Morgan fingerprint density at radius 3 is 2.75 bits per heavy atom. The van der Waals surface area contributed by atoms with Gasteiger partial charge in [-0.1, -0.05) is 6.42 Å². The van der Waals surface area contributed by atoms with Crippen LogP contribution in [0, 0.1) is 5.92 Å². The van der Waals surface area contributed by atoms with Crippen LogP contribution in [-0.2, 0) is 0 Å². The first-order chi connectivity index (χ1) is 5.74. The molecule has 0 amide bonds. The number of aliphatic hydroxyl groups excluding tert-OH is 1. The molecule has 0 spiro atoms. The van der Waals surface area contributed by atoms with Crippen molar-refractivity contribution >= 4 is 0 Å². The summed E-state index contributed by atoms with van der Waals surface area (Å²) >= 11 is 0. The van der Waals surface area contributed by atoms with Crippen LogP contribution in [0.4, 0.5) is 0 Å². The number of nitrogens with zero attached hydrogens (tertiary/aromatic N) is 1. The van der Waals surface area contributed by atoms with Crippen molar-refractivity contribution < 1.29 is 5.11 Å². The van der Waals surface area contributed by atoms with Crippen molar-refractivity contribution in [1.82, 2.24) is 4.90 Å². The molecule has 3 nitrogen and oxygen atoms in total. The van der Waals surface area contributed by atoms with E-state index in [0.717, 1.165) is 13.1 Å². The van der Waals surface area contributed by atoms with E-state index in [1.807, 2.05) is 7.05 Å². The minimum Gasteiger partial charge on any atom is -0.395 e. The van der Waals surface area contributed by atoms with E-state index < -0.39 is 0 Å². The van der Waals surface area contributed by atoms with Crippen LogP contribution in [-0.4, -0.2) is 42.8 Å². The molecule has 1 fully saturated rings. The van der Waals surface area contributed by atoms with E-state index in [9.17, 15) is 0 Å². The molecule has 0 heterocycles. The molecule has 1 saturated carbocycles. The summed E-state index contributed by atoms with van der Waals surface area (Å²) in [7, 11) is 2.04. The number of rotatable bonds is 4. The maximum absolute atomic E-state index is 8.70. The molecule has 1 aliphatic rings. The third kappa shape index (κ3) is 2.73. The third-order valence-electron chi connectivity index (χ3n) is 2.75. The Morgan fingerprint density at radius 1 is 1.50 bits per heavy atom. The summed E-state index contributed by atoms with van der Waals surface area (Å²) in [5.41, 5.74) is 5.93. The average molecular weight is 172 g/mol. The highest BCUT2D eigenvalue weighted by atomic mass is 16.3. The highest BCUT2D eigenvalue weighted by Gasteiger charge is 2.24. The molecule has 0 aliphatic heterocycles. The molecule has 1 rings (SSSR count). The molecular weight excluding hydrogens is 152 g/mol. The van der Waals surface area contributed by atoms with Crippen molar-refractivity contribution in [2.75, 3.05) is 26.7 Å². The maximum Gasteiger partial charge on any atom is 0.0558 e. The summed E-state index contributed by atoms with van der Waals surface area (Å²) in [5.74, 6) is 0.654. The molecule has 0 bridgehead atoms. The van der Waals surface area contributed by atoms with E-state index in [1.165, 1.54) is 19.3 Å². The molecule has 0 aromatic rings. The smallest absolute Gasteiger partial charge is 0.0558 e. The van der Waals surface area contributed by atoms with Crippen molar-refractivity contribution in [3.8, 4) is 0 Å². The van der Waals surface area contributed by atoms with Gasteiger partial charge in [0.1, 0.15) is 0 Å². The second-order valence-corrected chi connectivity index (χ2v) is 3.84. The number of hydrogen-bond donors (Lipinski definition) is 2. The van der Waals surface area contributed by atoms with E-state index in [-0.39, 0.29) is 6.61 Å². The van der Waals surface area contributed by atoms with Crippen LogP contribution < -0.4 is 5.73 Å². The maximum atomic E-state index is 8.70. The van der Waals surface area contributed by atoms with Gasteiger partial charge in [0.25, 0.3) is 0 Å². The number of aliphatic hydroxyl groups is 1. The standard InChI is InChI=1S/C9H20N2O/c1-11(5-6-12)7-8-3-2-4-9(8)10/h8-9,12H,2-7,10H2,1H3. The van der Waals surface area contributed by atoms with E-state index in [4.69, 9.17) is 10.8 Å². The van der Waals surface area contributed by atoms with Crippen molar-refractivity contribution in [3.63, 3.8) is 0 Å². The normalized spacial score (nSPS) is 30.0. The average Bonchev–Trinajstić information content (AvgIpc) is 2.37. The molecule has 2 unspecified atom stereocenters. The fraction of sp³-hybridized carbons (Fsp3) is 1.00. The van der Waals surface area contributed by atoms with E-state index in [2.05, 4.69) is 4.90 Å². The minimum atomic E-state index is 0.248. The van der Waals surface area contributed by atoms with E-state index in [0.29, 0.717) is 12.0 Å². The topological polar surface area (TPSA) is 49.5 Å². The van der Waals surface area contributed by atoms with E-state index >= 15 is 0 Å². The molecule has 72 valence electrons. The largest absolute Gasteiger partial charge is 0.395 e. The van der Waals surface area contributed by atoms with Crippen molar-refractivity contribution in [3.05, 3.63) is 0 Å².